The summed E-state index contributed by atoms with van der Waals surface area (Å²) in [4.78, 5) is 18.5. The van der Waals surface area contributed by atoms with Gasteiger partial charge < -0.3 is 10.0 Å². The van der Waals surface area contributed by atoms with Gasteiger partial charge in [0.15, 0.2) is 0 Å². The predicted octanol–water partition coefficient (Wildman–Crippen LogP) is 1.21. The van der Waals surface area contributed by atoms with Crippen LogP contribution in [0, 0.1) is 0 Å². The zero-order valence-corrected chi connectivity index (χ0v) is 14.3. The van der Waals surface area contributed by atoms with Crippen molar-refractivity contribution < 1.29 is 9.90 Å². The molecule has 0 bridgehead atoms. The molecule has 1 amide bonds. The Morgan fingerprint density at radius 2 is 1.65 bits per heavy atom. The summed E-state index contributed by atoms with van der Waals surface area (Å²) in [6.45, 7) is 10.3. The molecule has 23 heavy (non-hydrogen) atoms. The second-order valence-electron chi connectivity index (χ2n) is 6.07. The first-order valence-electron chi connectivity index (χ1n) is 8.59. The van der Waals surface area contributed by atoms with Crippen LogP contribution in [0.2, 0.25) is 0 Å². The lowest BCUT2D eigenvalue weighted by atomic mass is 10.1. The van der Waals surface area contributed by atoms with E-state index in [0.29, 0.717) is 13.1 Å². The quantitative estimate of drug-likeness (QED) is 0.820. The number of carbonyl (C=O) groups excluding carboxylic acids is 1. The lowest BCUT2D eigenvalue weighted by molar-refractivity contribution is -0.132. The molecule has 5 nitrogen and oxygen atoms in total. The molecule has 1 heterocycles. The Morgan fingerprint density at radius 1 is 1.09 bits per heavy atom. The third-order valence-corrected chi connectivity index (χ3v) is 4.56. The Balaban J connectivity index is 1.74. The van der Waals surface area contributed by atoms with Crippen LogP contribution >= 0.6 is 0 Å². The zero-order valence-electron chi connectivity index (χ0n) is 14.3. The van der Waals surface area contributed by atoms with Crippen LogP contribution in [0.3, 0.4) is 0 Å². The Hall–Kier alpha value is -1.43. The van der Waals surface area contributed by atoms with Gasteiger partial charge in [0.2, 0.25) is 5.91 Å². The average Bonchev–Trinajstić information content (AvgIpc) is 2.58. The van der Waals surface area contributed by atoms with E-state index in [4.69, 9.17) is 0 Å². The zero-order chi connectivity index (χ0) is 16.7. The predicted molar refractivity (Wildman–Crippen MR) is 92.2 cm³/mol. The number of amides is 1. The molecule has 128 valence electrons. The SMILES string of the molecule is CCN(CC)C(=O)CN1CCN(CC(O)c2ccccc2)CC1. The van der Waals surface area contributed by atoms with E-state index in [1.54, 1.807) is 0 Å². The van der Waals surface area contributed by atoms with Crippen molar-refractivity contribution in [1.29, 1.82) is 0 Å². The standard InChI is InChI=1S/C18H29N3O2/c1-3-21(4-2)18(23)15-20-12-10-19(11-13-20)14-17(22)16-8-6-5-7-9-16/h5-9,17,22H,3-4,10-15H2,1-2H3. The summed E-state index contributed by atoms with van der Waals surface area (Å²) in [5.74, 6) is 0.216. The topological polar surface area (TPSA) is 47.0 Å². The van der Waals surface area contributed by atoms with Crippen LogP contribution in [0.5, 0.6) is 0 Å². The van der Waals surface area contributed by atoms with Crippen LogP contribution in [0.25, 0.3) is 0 Å². The molecule has 1 N–H and O–H groups in total. The molecule has 1 unspecified atom stereocenters. The van der Waals surface area contributed by atoms with Crippen molar-refractivity contribution in [2.45, 2.75) is 20.0 Å². The molecule has 5 heteroatoms. The van der Waals surface area contributed by atoms with Gasteiger partial charge in [-0.15, -0.1) is 0 Å². The van der Waals surface area contributed by atoms with Crippen molar-refractivity contribution in [2.75, 3.05) is 52.4 Å². The number of carbonyl (C=O) groups is 1. The van der Waals surface area contributed by atoms with E-state index in [9.17, 15) is 9.90 Å². The van der Waals surface area contributed by atoms with Crippen molar-refractivity contribution in [3.8, 4) is 0 Å². The summed E-state index contributed by atoms with van der Waals surface area (Å²) >= 11 is 0. The third-order valence-electron chi connectivity index (χ3n) is 4.56. The Bertz CT molecular complexity index is 468. The maximum absolute atomic E-state index is 12.1. The highest BCUT2D eigenvalue weighted by molar-refractivity contribution is 5.78. The molecular weight excluding hydrogens is 290 g/mol. The Labute approximate surface area is 139 Å². The van der Waals surface area contributed by atoms with Gasteiger partial charge in [0, 0.05) is 45.8 Å². The van der Waals surface area contributed by atoms with E-state index in [-0.39, 0.29) is 5.91 Å². The largest absolute Gasteiger partial charge is 0.387 e. The van der Waals surface area contributed by atoms with Crippen LogP contribution in [0.15, 0.2) is 30.3 Å². The Kier molecular flexibility index (Phi) is 7.02. The molecule has 1 aliphatic rings. The molecular formula is C18H29N3O2. The van der Waals surface area contributed by atoms with Crippen molar-refractivity contribution in [1.82, 2.24) is 14.7 Å². The number of benzene rings is 1. The fourth-order valence-corrected chi connectivity index (χ4v) is 3.02. The Morgan fingerprint density at radius 3 is 2.22 bits per heavy atom. The maximum atomic E-state index is 12.1. The normalized spacial score (nSPS) is 17.9. The summed E-state index contributed by atoms with van der Waals surface area (Å²) in [6, 6.07) is 9.79. The number of piperazine rings is 1. The monoisotopic (exact) mass is 319 g/mol. The number of aliphatic hydroxyl groups excluding tert-OH is 1. The summed E-state index contributed by atoms with van der Waals surface area (Å²) in [5.41, 5.74) is 0.964. The van der Waals surface area contributed by atoms with Crippen molar-refractivity contribution in [3.63, 3.8) is 0 Å². The third kappa shape index (κ3) is 5.30. The van der Waals surface area contributed by atoms with E-state index in [2.05, 4.69) is 9.80 Å². The number of hydrogen-bond acceptors (Lipinski definition) is 4. The number of β-amino-alcohol motifs (C(OH)–C–C–N with tert-alkyl or cyclic N) is 1. The number of rotatable bonds is 7. The van der Waals surface area contributed by atoms with Gasteiger partial charge >= 0.3 is 0 Å². The van der Waals surface area contributed by atoms with E-state index >= 15 is 0 Å². The first kappa shape index (κ1) is 17.9. The van der Waals surface area contributed by atoms with Gasteiger partial charge in [-0.1, -0.05) is 30.3 Å². The van der Waals surface area contributed by atoms with Crippen LogP contribution < -0.4 is 0 Å². The number of hydrogen-bond donors (Lipinski definition) is 1. The molecule has 0 saturated carbocycles. The minimum atomic E-state index is -0.444. The van der Waals surface area contributed by atoms with Crippen molar-refractivity contribution in [2.24, 2.45) is 0 Å². The van der Waals surface area contributed by atoms with Crippen LogP contribution in [-0.2, 0) is 4.79 Å². The maximum Gasteiger partial charge on any atom is 0.236 e. The average molecular weight is 319 g/mol. The minimum Gasteiger partial charge on any atom is -0.387 e. The van der Waals surface area contributed by atoms with E-state index < -0.39 is 6.10 Å². The second-order valence-corrected chi connectivity index (χ2v) is 6.07. The first-order valence-corrected chi connectivity index (χ1v) is 8.59. The lowest BCUT2D eigenvalue weighted by Crippen LogP contribution is -2.50. The second kappa shape index (κ2) is 9.01. The molecule has 0 aliphatic carbocycles. The van der Waals surface area contributed by atoms with E-state index in [1.165, 1.54) is 0 Å². The molecule has 1 fully saturated rings. The lowest BCUT2D eigenvalue weighted by Gasteiger charge is -2.36. The van der Waals surface area contributed by atoms with Gasteiger partial charge in [-0.2, -0.15) is 0 Å². The molecule has 1 aliphatic heterocycles. The summed E-state index contributed by atoms with van der Waals surface area (Å²) in [5, 5.41) is 10.3. The first-order chi connectivity index (χ1) is 11.1. The summed E-state index contributed by atoms with van der Waals surface area (Å²) in [6.07, 6.45) is -0.444. The highest BCUT2D eigenvalue weighted by atomic mass is 16.3. The van der Waals surface area contributed by atoms with Crippen LogP contribution in [0.1, 0.15) is 25.5 Å². The van der Waals surface area contributed by atoms with Gasteiger partial charge in [-0.3, -0.25) is 14.6 Å². The molecule has 1 saturated heterocycles. The molecule has 1 aromatic rings. The highest BCUT2D eigenvalue weighted by Gasteiger charge is 2.22. The van der Waals surface area contributed by atoms with E-state index in [0.717, 1.165) is 44.8 Å². The minimum absolute atomic E-state index is 0.216. The molecule has 0 radical (unpaired) electrons. The van der Waals surface area contributed by atoms with E-state index in [1.807, 2.05) is 49.1 Å². The highest BCUT2D eigenvalue weighted by Crippen LogP contribution is 2.15. The smallest absolute Gasteiger partial charge is 0.236 e. The fourth-order valence-electron chi connectivity index (χ4n) is 3.02. The molecule has 0 aromatic heterocycles. The number of nitrogens with zero attached hydrogens (tertiary/aromatic N) is 3. The van der Waals surface area contributed by atoms with Gasteiger partial charge in [0.25, 0.3) is 0 Å². The van der Waals surface area contributed by atoms with Gasteiger partial charge in [0.05, 0.1) is 12.6 Å². The van der Waals surface area contributed by atoms with Gasteiger partial charge in [-0.25, -0.2) is 0 Å². The molecule has 1 atom stereocenters. The van der Waals surface area contributed by atoms with Gasteiger partial charge in [0.1, 0.15) is 0 Å². The van der Waals surface area contributed by atoms with Crippen molar-refractivity contribution >= 4 is 5.91 Å². The summed E-state index contributed by atoms with van der Waals surface area (Å²) < 4.78 is 0. The molecule has 2 rings (SSSR count). The van der Waals surface area contributed by atoms with Gasteiger partial charge in [-0.05, 0) is 19.4 Å². The number of likely N-dealkylation sites (N-methyl/N-ethyl adjacent to an activating group) is 1. The van der Waals surface area contributed by atoms with Crippen LogP contribution in [-0.4, -0.2) is 78.1 Å². The molecule has 0 spiro atoms. The summed E-state index contributed by atoms with van der Waals surface area (Å²) in [7, 11) is 0. The van der Waals surface area contributed by atoms with Crippen molar-refractivity contribution in [3.05, 3.63) is 35.9 Å². The molecule has 1 aromatic carbocycles. The number of aliphatic hydroxyl groups is 1. The fraction of sp³-hybridized carbons (Fsp3) is 0.611. The van der Waals surface area contributed by atoms with Crippen LogP contribution in [0.4, 0.5) is 0 Å².